The van der Waals surface area contributed by atoms with E-state index in [0.29, 0.717) is 4.88 Å². The van der Waals surface area contributed by atoms with Gasteiger partial charge in [-0.3, -0.25) is 9.59 Å². The third-order valence-electron chi connectivity index (χ3n) is 3.83. The molecule has 1 atom stereocenters. The first-order valence-electron chi connectivity index (χ1n) is 7.70. The lowest BCUT2D eigenvalue weighted by Crippen LogP contribution is -2.44. The number of thiazole rings is 1. The Morgan fingerprint density at radius 2 is 2.00 bits per heavy atom. The van der Waals surface area contributed by atoms with Crippen LogP contribution in [0.1, 0.15) is 60.8 Å². The van der Waals surface area contributed by atoms with Gasteiger partial charge in [0, 0.05) is 26.1 Å². The average Bonchev–Trinajstić information content (AvgIpc) is 2.94. The predicted octanol–water partition coefficient (Wildman–Crippen LogP) is 2.94. The molecule has 1 fully saturated rings. The van der Waals surface area contributed by atoms with E-state index in [1.165, 1.54) is 11.3 Å². The number of piperidine rings is 1. The van der Waals surface area contributed by atoms with Gasteiger partial charge in [0.05, 0.1) is 12.2 Å². The van der Waals surface area contributed by atoms with Crippen LogP contribution < -0.4 is 0 Å². The molecule has 0 aliphatic carbocycles. The van der Waals surface area contributed by atoms with Crippen LogP contribution in [0.15, 0.2) is 6.20 Å². The van der Waals surface area contributed by atoms with Gasteiger partial charge in [0.15, 0.2) is 0 Å². The van der Waals surface area contributed by atoms with Crippen molar-refractivity contribution < 1.29 is 9.59 Å². The topological polar surface area (TPSA) is 53.5 Å². The molecule has 0 N–H and O–H groups in total. The number of likely N-dealkylation sites (tertiary alicyclic amines) is 1. The van der Waals surface area contributed by atoms with Gasteiger partial charge in [0.1, 0.15) is 9.88 Å². The number of nitrogens with zero attached hydrogens (tertiary/aromatic N) is 3. The van der Waals surface area contributed by atoms with Crippen molar-refractivity contribution in [1.82, 2.24) is 14.8 Å². The largest absolute Gasteiger partial charge is 0.344 e. The lowest BCUT2D eigenvalue weighted by atomic mass is 9.91. The van der Waals surface area contributed by atoms with Gasteiger partial charge in [0.25, 0.3) is 5.91 Å². The third kappa shape index (κ3) is 3.48. The van der Waals surface area contributed by atoms with E-state index in [2.05, 4.69) is 4.98 Å². The van der Waals surface area contributed by atoms with Gasteiger partial charge in [-0.15, -0.1) is 11.3 Å². The zero-order chi connectivity index (χ0) is 16.5. The minimum atomic E-state index is -0.394. The summed E-state index contributed by atoms with van der Waals surface area (Å²) in [4.78, 5) is 33.3. The Balaban J connectivity index is 2.25. The van der Waals surface area contributed by atoms with Crippen molar-refractivity contribution in [1.29, 1.82) is 0 Å². The van der Waals surface area contributed by atoms with Crippen LogP contribution in [0.5, 0.6) is 0 Å². The van der Waals surface area contributed by atoms with Crippen LogP contribution in [0, 0.1) is 5.41 Å². The number of rotatable bonds is 2. The Hall–Kier alpha value is -1.43. The lowest BCUT2D eigenvalue weighted by Gasteiger charge is -2.38. The summed E-state index contributed by atoms with van der Waals surface area (Å²) >= 11 is 1.41. The number of hydrogen-bond donors (Lipinski definition) is 0. The smallest absolute Gasteiger partial charge is 0.265 e. The molecule has 2 amide bonds. The molecule has 1 aromatic rings. The van der Waals surface area contributed by atoms with Crippen LogP contribution >= 0.6 is 11.3 Å². The van der Waals surface area contributed by atoms with Gasteiger partial charge >= 0.3 is 0 Å². The summed E-state index contributed by atoms with van der Waals surface area (Å²) in [6.45, 7) is 6.62. The summed E-state index contributed by atoms with van der Waals surface area (Å²) in [5, 5.41) is 0.877. The Labute approximate surface area is 136 Å². The van der Waals surface area contributed by atoms with Gasteiger partial charge in [0.2, 0.25) is 5.91 Å². The average molecular weight is 323 g/mol. The maximum Gasteiger partial charge on any atom is 0.265 e. The molecule has 0 bridgehead atoms. The zero-order valence-corrected chi connectivity index (χ0v) is 14.9. The fourth-order valence-electron chi connectivity index (χ4n) is 2.62. The summed E-state index contributed by atoms with van der Waals surface area (Å²) in [5.74, 6) is 0.126. The maximum absolute atomic E-state index is 12.7. The van der Waals surface area contributed by atoms with E-state index in [1.54, 1.807) is 25.2 Å². The summed E-state index contributed by atoms with van der Waals surface area (Å²) in [6, 6.07) is 0.00851. The van der Waals surface area contributed by atoms with Gasteiger partial charge in [-0.1, -0.05) is 20.8 Å². The van der Waals surface area contributed by atoms with Crippen molar-refractivity contribution in [3.8, 4) is 0 Å². The Morgan fingerprint density at radius 1 is 1.32 bits per heavy atom. The van der Waals surface area contributed by atoms with Crippen molar-refractivity contribution in [2.45, 2.75) is 46.1 Å². The van der Waals surface area contributed by atoms with E-state index >= 15 is 0 Å². The van der Waals surface area contributed by atoms with Crippen LogP contribution in [-0.2, 0) is 4.79 Å². The van der Waals surface area contributed by atoms with E-state index in [1.807, 2.05) is 25.7 Å². The van der Waals surface area contributed by atoms with Gasteiger partial charge < -0.3 is 9.80 Å². The zero-order valence-electron chi connectivity index (χ0n) is 14.0. The Bertz CT molecular complexity index is 560. The molecule has 0 spiro atoms. The number of carbonyl (C=O) groups excluding carboxylic acids is 2. The summed E-state index contributed by atoms with van der Waals surface area (Å²) in [6.07, 6.45) is 4.68. The van der Waals surface area contributed by atoms with Crippen molar-refractivity contribution in [2.75, 3.05) is 20.6 Å². The molecule has 22 heavy (non-hydrogen) atoms. The number of aromatic nitrogens is 1. The van der Waals surface area contributed by atoms with Crippen LogP contribution in [0.2, 0.25) is 0 Å². The molecule has 2 rings (SSSR count). The first kappa shape index (κ1) is 16.9. The lowest BCUT2D eigenvalue weighted by molar-refractivity contribution is -0.143. The predicted molar refractivity (Wildman–Crippen MR) is 87.9 cm³/mol. The monoisotopic (exact) mass is 323 g/mol. The van der Waals surface area contributed by atoms with Crippen molar-refractivity contribution in [3.63, 3.8) is 0 Å². The molecule has 2 heterocycles. The highest BCUT2D eigenvalue weighted by molar-refractivity contribution is 7.13. The Kier molecular flexibility index (Phi) is 4.90. The number of amides is 2. The fourth-order valence-corrected chi connectivity index (χ4v) is 3.71. The fraction of sp³-hybridized carbons (Fsp3) is 0.688. The van der Waals surface area contributed by atoms with Crippen LogP contribution in [0.4, 0.5) is 0 Å². The number of hydrogen-bond acceptors (Lipinski definition) is 4. The maximum atomic E-state index is 12.7. The number of carbonyl (C=O) groups is 2. The van der Waals surface area contributed by atoms with E-state index in [0.717, 1.165) is 30.8 Å². The molecule has 5 nitrogen and oxygen atoms in total. The van der Waals surface area contributed by atoms with Crippen LogP contribution in [0.3, 0.4) is 0 Å². The summed E-state index contributed by atoms with van der Waals surface area (Å²) in [5.41, 5.74) is -0.394. The first-order chi connectivity index (χ1) is 10.2. The van der Waals surface area contributed by atoms with Crippen molar-refractivity contribution in [3.05, 3.63) is 16.1 Å². The molecule has 1 aromatic heterocycles. The molecule has 1 aliphatic rings. The van der Waals surface area contributed by atoms with E-state index in [9.17, 15) is 9.59 Å². The minimum absolute atomic E-state index is 0.00851. The highest BCUT2D eigenvalue weighted by atomic mass is 32.1. The van der Waals surface area contributed by atoms with Crippen LogP contribution in [0.25, 0.3) is 0 Å². The normalized spacial score (nSPS) is 19.1. The standard InChI is InChI=1S/C16H25N3O2S/c1-16(2,3)15(21)19-9-7-6-8-11(19)13-17-10-12(22-13)14(20)18(4)5/h10-11H,6-9H2,1-5H3/t11-/m0/s1. The van der Waals surface area contributed by atoms with Crippen molar-refractivity contribution >= 4 is 23.2 Å². The summed E-state index contributed by atoms with van der Waals surface area (Å²) in [7, 11) is 3.47. The SMILES string of the molecule is CN(C)C(=O)c1cnc([C@@H]2CCCCN2C(=O)C(C)(C)C)s1. The summed E-state index contributed by atoms with van der Waals surface area (Å²) < 4.78 is 0. The molecule has 1 aliphatic heterocycles. The van der Waals surface area contributed by atoms with E-state index in [-0.39, 0.29) is 17.9 Å². The van der Waals surface area contributed by atoms with E-state index < -0.39 is 5.41 Å². The second-order valence-corrected chi connectivity index (χ2v) is 8.08. The van der Waals surface area contributed by atoms with Gasteiger partial charge in [-0.2, -0.15) is 0 Å². The Morgan fingerprint density at radius 3 is 2.59 bits per heavy atom. The molecule has 0 saturated carbocycles. The molecule has 0 unspecified atom stereocenters. The first-order valence-corrected chi connectivity index (χ1v) is 8.52. The molecule has 1 saturated heterocycles. The second-order valence-electron chi connectivity index (χ2n) is 7.02. The second kappa shape index (κ2) is 6.36. The highest BCUT2D eigenvalue weighted by Crippen LogP contribution is 2.36. The quantitative estimate of drug-likeness (QED) is 0.841. The molecular formula is C16H25N3O2S. The van der Waals surface area contributed by atoms with E-state index in [4.69, 9.17) is 0 Å². The molecule has 0 aromatic carbocycles. The van der Waals surface area contributed by atoms with Crippen molar-refractivity contribution in [2.24, 2.45) is 5.41 Å². The molecule has 0 radical (unpaired) electrons. The third-order valence-corrected chi connectivity index (χ3v) is 4.92. The van der Waals surface area contributed by atoms with Crippen LogP contribution in [-0.4, -0.2) is 47.2 Å². The minimum Gasteiger partial charge on any atom is -0.344 e. The van der Waals surface area contributed by atoms with Gasteiger partial charge in [-0.25, -0.2) is 4.98 Å². The molecular weight excluding hydrogens is 298 g/mol. The van der Waals surface area contributed by atoms with Gasteiger partial charge in [-0.05, 0) is 19.3 Å². The molecule has 122 valence electrons. The highest BCUT2D eigenvalue weighted by Gasteiger charge is 2.35. The molecule has 6 heteroatoms.